The molecule has 1 unspecified atom stereocenters. The van der Waals surface area contributed by atoms with E-state index in [9.17, 15) is 0 Å². The first-order chi connectivity index (χ1) is 19.7. The molecule has 2 aliphatic rings. The maximum absolute atomic E-state index is 7.00. The van der Waals surface area contributed by atoms with Gasteiger partial charge in [0.15, 0.2) is 0 Å². The van der Waals surface area contributed by atoms with Gasteiger partial charge in [0, 0.05) is 40.0 Å². The van der Waals surface area contributed by atoms with Crippen molar-refractivity contribution in [2.24, 2.45) is 0 Å². The van der Waals surface area contributed by atoms with E-state index in [2.05, 4.69) is 94.6 Å². The van der Waals surface area contributed by atoms with Crippen molar-refractivity contribution < 1.29 is 0 Å². The zero-order chi connectivity index (χ0) is 30.4. The quantitative estimate of drug-likeness (QED) is 0.0507. The second kappa shape index (κ2) is 10.9. The van der Waals surface area contributed by atoms with Gasteiger partial charge < -0.3 is 0 Å². The molecule has 2 aliphatic carbocycles. The molecule has 0 fully saturated rings. The van der Waals surface area contributed by atoms with E-state index in [0.29, 0.717) is 14.8 Å². The molecule has 0 amide bonds. The Kier molecular flexibility index (Phi) is 8.38. The Balaban J connectivity index is 2.04. The Labute approximate surface area is 320 Å². The molecule has 0 aromatic heterocycles. The molecule has 0 heterocycles. The van der Waals surface area contributed by atoms with Gasteiger partial charge in [0.1, 0.15) is 0 Å². The van der Waals surface area contributed by atoms with Gasteiger partial charge in [-0.05, 0) is 156 Å². The summed E-state index contributed by atoms with van der Waals surface area (Å²) in [5, 5.41) is 15.2. The van der Waals surface area contributed by atoms with Crippen molar-refractivity contribution in [1.29, 1.82) is 0 Å². The summed E-state index contributed by atoms with van der Waals surface area (Å²) in [6, 6.07) is -3.24. The number of rotatable bonds is 2. The molecule has 0 saturated heterocycles. The highest BCUT2D eigenvalue weighted by Crippen LogP contribution is 2.59. The Morgan fingerprint density at radius 3 is 1.79 bits per heavy atom. The Morgan fingerprint density at radius 2 is 1.21 bits per heavy atom. The number of allylic oxidation sites excluding steroid dienone is 3. The minimum atomic E-state index is -3.76. The lowest BCUT2D eigenvalue weighted by atomic mass is 9.67. The number of thiol groups is 3. The van der Waals surface area contributed by atoms with Gasteiger partial charge in [-0.2, -0.15) is 37.9 Å². The summed E-state index contributed by atoms with van der Waals surface area (Å²) in [6.07, 6.45) is 2.18. The molecular formula is C27H10Br4Cl6S3Si2. The first kappa shape index (κ1) is 32.3. The number of benzene rings is 5. The topological polar surface area (TPSA) is 0 Å². The molecule has 5 aromatic rings. The predicted octanol–water partition coefficient (Wildman–Crippen LogP) is 12.0. The fraction of sp³-hybridized carbons (Fsp3) is 0.0370. The van der Waals surface area contributed by atoms with Gasteiger partial charge in [-0.25, -0.2) is 0 Å². The van der Waals surface area contributed by atoms with Crippen LogP contribution in [0, 0.1) is 0 Å². The molecular weight excluding hydrogens is 1010 g/mol. The molecule has 0 nitrogen and oxygen atoms in total. The van der Waals surface area contributed by atoms with Gasteiger partial charge >= 0.3 is 12.0 Å². The third kappa shape index (κ3) is 4.19. The molecule has 1 atom stereocenters. The molecule has 42 heavy (non-hydrogen) atoms. The van der Waals surface area contributed by atoms with Crippen LogP contribution < -0.4 is 15.6 Å². The largest absolute Gasteiger partial charge is 0.373 e. The van der Waals surface area contributed by atoms with Crippen molar-refractivity contribution in [1.82, 2.24) is 0 Å². The maximum Gasteiger partial charge on any atom is 0.373 e. The van der Waals surface area contributed by atoms with E-state index in [4.69, 9.17) is 91.7 Å². The Bertz CT molecular complexity index is 2260. The zero-order valence-electron chi connectivity index (χ0n) is 20.2. The van der Waals surface area contributed by atoms with Crippen LogP contribution in [0.4, 0.5) is 0 Å². The van der Waals surface area contributed by atoms with Crippen LogP contribution in [0.15, 0.2) is 57.4 Å². The second-order valence-electron chi connectivity index (χ2n) is 9.95. The third-order valence-electron chi connectivity index (χ3n) is 8.13. The minimum Gasteiger partial charge on any atom is -0.151 e. The van der Waals surface area contributed by atoms with Crippen LogP contribution in [-0.2, 0) is 0 Å². The zero-order valence-corrected chi connectivity index (χ0v) is 35.7. The summed E-state index contributed by atoms with van der Waals surface area (Å²) in [6.45, 7) is 0. The third-order valence-corrected chi connectivity index (χ3v) is 19.0. The summed E-state index contributed by atoms with van der Waals surface area (Å²) >= 11 is 71.6. The van der Waals surface area contributed by atoms with Crippen LogP contribution in [-0.4, -0.2) is 12.0 Å². The van der Waals surface area contributed by atoms with Gasteiger partial charge in [-0.1, -0.05) is 12.1 Å². The van der Waals surface area contributed by atoms with Crippen molar-refractivity contribution in [3.63, 3.8) is 0 Å². The van der Waals surface area contributed by atoms with Crippen LogP contribution in [0.1, 0.15) is 17.0 Å². The van der Waals surface area contributed by atoms with Crippen molar-refractivity contribution >= 4 is 245 Å². The summed E-state index contributed by atoms with van der Waals surface area (Å²) in [5.74, 6) is -0.207. The van der Waals surface area contributed by atoms with Crippen LogP contribution >= 0.6 is 168 Å². The maximum atomic E-state index is 7.00. The molecule has 0 spiro atoms. The molecule has 7 rings (SSSR count). The summed E-state index contributed by atoms with van der Waals surface area (Å²) in [5.41, 5.74) is 4.47. The average Bonchev–Trinajstić information content (AvgIpc) is 2.93. The van der Waals surface area contributed by atoms with Crippen LogP contribution in [0.25, 0.3) is 54.7 Å². The summed E-state index contributed by atoms with van der Waals surface area (Å²) in [4.78, 5) is 0. The predicted molar refractivity (Wildman–Crippen MR) is 218 cm³/mol. The lowest BCUT2D eigenvalue weighted by Gasteiger charge is -2.39. The molecule has 0 aliphatic heterocycles. The molecule has 0 bridgehead atoms. The first-order valence-corrected chi connectivity index (χ1v) is 26.7. The van der Waals surface area contributed by atoms with Crippen LogP contribution in [0.5, 0.6) is 0 Å². The van der Waals surface area contributed by atoms with Crippen LogP contribution in [0.2, 0.25) is 0 Å². The normalized spacial score (nSPS) is 20.1. The molecule has 0 saturated carbocycles. The lowest BCUT2D eigenvalue weighted by Crippen LogP contribution is -2.53. The first-order valence-electron chi connectivity index (χ1n) is 11.9. The number of hydrogen-bond acceptors (Lipinski definition) is 3. The fourth-order valence-electron chi connectivity index (χ4n) is 6.81. The summed E-state index contributed by atoms with van der Waals surface area (Å²) < 4.78 is 3.35. The fourth-order valence-corrected chi connectivity index (χ4v) is 18.2. The van der Waals surface area contributed by atoms with Crippen LogP contribution in [0.3, 0.4) is 0 Å². The highest BCUT2D eigenvalue weighted by atomic mass is 79.9. The van der Waals surface area contributed by atoms with Crippen molar-refractivity contribution in [3.05, 3.63) is 73.7 Å². The minimum absolute atomic E-state index is 0.207. The van der Waals surface area contributed by atoms with E-state index in [1.54, 1.807) is 10.8 Å². The van der Waals surface area contributed by atoms with Crippen molar-refractivity contribution in [3.8, 4) is 0 Å². The van der Waals surface area contributed by atoms with Crippen molar-refractivity contribution in [2.45, 2.75) is 5.92 Å². The van der Waals surface area contributed by atoms with E-state index in [-0.39, 0.29) is 5.92 Å². The molecule has 214 valence electrons. The standard InChI is InChI=1S/C27H10Br4Cl6S3Si2/c28-22-9-2-1-7-3-8(4-38)12-10(5-39)11(6-40)15-18-16(12)13(7)14(9)17-19(18)21(25(31)24(30)20(17)23(22)29)27(42(35,36)37)26(15)41(32,33)34/h1-6,12,38-40H. The average molecular weight is 1020 g/mol. The monoisotopic (exact) mass is 1010 g/mol. The molecule has 0 N–H and O–H groups in total. The van der Waals surface area contributed by atoms with E-state index in [1.165, 1.54) is 0 Å². The highest BCUT2D eigenvalue weighted by molar-refractivity contribution is 9.14. The molecule has 0 radical (unpaired) electrons. The Morgan fingerprint density at radius 1 is 0.619 bits per heavy atom. The Hall–Kier alpha value is 1.76. The van der Waals surface area contributed by atoms with Gasteiger partial charge in [-0.3, -0.25) is 0 Å². The second-order valence-corrected chi connectivity index (χ2v) is 30.6. The van der Waals surface area contributed by atoms with Gasteiger partial charge in [-0.15, -0.1) is 66.5 Å². The SMILES string of the molecule is SC=C1C(=CS)C2C(=CS)C=c3ccc4c(Br)c(Br)c5c(Br)c(Br)c6c([Si](Cl)(Cl)Cl)c([Si](Cl)(Cl)Cl)c1c1c2c3c4c5c61. The van der Waals surface area contributed by atoms with E-state index in [1.807, 2.05) is 5.41 Å². The van der Waals surface area contributed by atoms with Crippen molar-refractivity contribution in [2.75, 3.05) is 0 Å². The number of halogens is 10. The van der Waals surface area contributed by atoms with Gasteiger partial charge in [0.05, 0.1) is 0 Å². The van der Waals surface area contributed by atoms with Gasteiger partial charge in [0.2, 0.25) is 0 Å². The highest BCUT2D eigenvalue weighted by Gasteiger charge is 2.48. The smallest absolute Gasteiger partial charge is 0.151 e. The van der Waals surface area contributed by atoms with E-state index in [0.717, 1.165) is 89.6 Å². The molecule has 15 heteroatoms. The number of hydrogen-bond donors (Lipinski definition) is 3. The summed E-state index contributed by atoms with van der Waals surface area (Å²) in [7, 11) is 0. The lowest BCUT2D eigenvalue weighted by molar-refractivity contribution is 1.01. The van der Waals surface area contributed by atoms with E-state index >= 15 is 0 Å². The molecule has 5 aromatic carbocycles. The van der Waals surface area contributed by atoms with Gasteiger partial charge in [0.25, 0.3) is 0 Å². The van der Waals surface area contributed by atoms with E-state index < -0.39 is 12.0 Å².